The van der Waals surface area contributed by atoms with E-state index < -0.39 is 6.04 Å². The number of benzene rings is 1. The molecule has 88 valence electrons. The standard InChI is InChI=1S/C12H16FNO2/c1-3-14-11(12(15)16-4-2)9-5-7-10(13)8-6-9/h5-8,11,14H,3-4H2,1-2H3. The van der Waals surface area contributed by atoms with Crippen LogP contribution in [0.4, 0.5) is 4.39 Å². The zero-order valence-electron chi connectivity index (χ0n) is 9.50. The highest BCUT2D eigenvalue weighted by Crippen LogP contribution is 2.15. The molecule has 1 rings (SSSR count). The molecule has 0 bridgehead atoms. The Morgan fingerprint density at radius 3 is 2.50 bits per heavy atom. The summed E-state index contributed by atoms with van der Waals surface area (Å²) in [7, 11) is 0. The molecule has 1 unspecified atom stereocenters. The van der Waals surface area contributed by atoms with Crippen molar-refractivity contribution in [1.82, 2.24) is 5.32 Å². The number of rotatable bonds is 5. The molecule has 0 aromatic heterocycles. The van der Waals surface area contributed by atoms with Gasteiger partial charge in [-0.15, -0.1) is 0 Å². The lowest BCUT2D eigenvalue weighted by molar-refractivity contribution is -0.145. The molecule has 0 spiro atoms. The lowest BCUT2D eigenvalue weighted by Gasteiger charge is -2.16. The molecule has 4 heteroatoms. The molecular weight excluding hydrogens is 209 g/mol. The minimum Gasteiger partial charge on any atom is -0.465 e. The van der Waals surface area contributed by atoms with Crippen LogP contribution in [0.25, 0.3) is 0 Å². The van der Waals surface area contributed by atoms with Gasteiger partial charge in [0, 0.05) is 0 Å². The van der Waals surface area contributed by atoms with Crippen LogP contribution in [0, 0.1) is 5.82 Å². The van der Waals surface area contributed by atoms with Gasteiger partial charge in [-0.1, -0.05) is 19.1 Å². The number of esters is 1. The number of hydrogen-bond acceptors (Lipinski definition) is 3. The maximum atomic E-state index is 12.7. The first-order valence-corrected chi connectivity index (χ1v) is 5.34. The van der Waals surface area contributed by atoms with Gasteiger partial charge in [-0.3, -0.25) is 0 Å². The van der Waals surface area contributed by atoms with E-state index in [0.717, 1.165) is 0 Å². The summed E-state index contributed by atoms with van der Waals surface area (Å²) in [4.78, 5) is 11.6. The van der Waals surface area contributed by atoms with E-state index in [1.807, 2.05) is 6.92 Å². The van der Waals surface area contributed by atoms with Crippen molar-refractivity contribution in [2.24, 2.45) is 0 Å². The zero-order chi connectivity index (χ0) is 12.0. The topological polar surface area (TPSA) is 38.3 Å². The van der Waals surface area contributed by atoms with E-state index in [0.29, 0.717) is 18.7 Å². The van der Waals surface area contributed by atoms with Gasteiger partial charge < -0.3 is 10.1 Å². The first-order chi connectivity index (χ1) is 7.69. The van der Waals surface area contributed by atoms with Crippen molar-refractivity contribution in [2.75, 3.05) is 13.2 Å². The smallest absolute Gasteiger partial charge is 0.327 e. The second-order valence-corrected chi connectivity index (χ2v) is 3.29. The van der Waals surface area contributed by atoms with Gasteiger partial charge in [-0.2, -0.15) is 0 Å². The summed E-state index contributed by atoms with van der Waals surface area (Å²) in [6.45, 7) is 4.63. The third-order valence-corrected chi connectivity index (χ3v) is 2.13. The normalized spacial score (nSPS) is 12.2. The molecule has 0 aliphatic rings. The third-order valence-electron chi connectivity index (χ3n) is 2.13. The average Bonchev–Trinajstić information content (AvgIpc) is 2.28. The van der Waals surface area contributed by atoms with Crippen molar-refractivity contribution in [2.45, 2.75) is 19.9 Å². The summed E-state index contributed by atoms with van der Waals surface area (Å²) >= 11 is 0. The van der Waals surface area contributed by atoms with Crippen LogP contribution >= 0.6 is 0 Å². The van der Waals surface area contributed by atoms with Crippen LogP contribution in [0.15, 0.2) is 24.3 Å². The van der Waals surface area contributed by atoms with E-state index in [1.54, 1.807) is 19.1 Å². The molecule has 1 aromatic rings. The van der Waals surface area contributed by atoms with Crippen LogP contribution in [-0.2, 0) is 9.53 Å². The summed E-state index contributed by atoms with van der Waals surface area (Å²) in [6.07, 6.45) is 0. The fourth-order valence-electron chi connectivity index (χ4n) is 1.42. The molecule has 1 aromatic carbocycles. The summed E-state index contributed by atoms with van der Waals surface area (Å²) in [5, 5.41) is 3.01. The van der Waals surface area contributed by atoms with Crippen molar-refractivity contribution >= 4 is 5.97 Å². The lowest BCUT2D eigenvalue weighted by Crippen LogP contribution is -2.30. The van der Waals surface area contributed by atoms with E-state index in [1.165, 1.54) is 12.1 Å². The van der Waals surface area contributed by atoms with Gasteiger partial charge in [0.1, 0.15) is 11.9 Å². The van der Waals surface area contributed by atoms with E-state index in [2.05, 4.69) is 5.32 Å². The fraction of sp³-hybridized carbons (Fsp3) is 0.417. The Hall–Kier alpha value is -1.42. The second-order valence-electron chi connectivity index (χ2n) is 3.29. The van der Waals surface area contributed by atoms with Crippen molar-refractivity contribution in [3.8, 4) is 0 Å². The molecule has 1 N–H and O–H groups in total. The zero-order valence-corrected chi connectivity index (χ0v) is 9.50. The Morgan fingerprint density at radius 1 is 1.38 bits per heavy atom. The maximum Gasteiger partial charge on any atom is 0.327 e. The Balaban J connectivity index is 2.84. The van der Waals surface area contributed by atoms with Gasteiger partial charge >= 0.3 is 5.97 Å². The van der Waals surface area contributed by atoms with Crippen molar-refractivity contribution < 1.29 is 13.9 Å². The van der Waals surface area contributed by atoms with Crippen LogP contribution in [0.5, 0.6) is 0 Å². The van der Waals surface area contributed by atoms with Crippen LogP contribution in [0.1, 0.15) is 25.5 Å². The Kier molecular flexibility index (Phi) is 4.92. The van der Waals surface area contributed by atoms with Gasteiger partial charge in [0.15, 0.2) is 0 Å². The first-order valence-electron chi connectivity index (χ1n) is 5.34. The molecule has 0 aliphatic heterocycles. The summed E-state index contributed by atoms with van der Waals surface area (Å²) in [6, 6.07) is 5.31. The van der Waals surface area contributed by atoms with E-state index >= 15 is 0 Å². The second kappa shape index (κ2) is 6.23. The molecule has 0 heterocycles. The van der Waals surface area contributed by atoms with Crippen LogP contribution in [0.3, 0.4) is 0 Å². The molecular formula is C12H16FNO2. The van der Waals surface area contributed by atoms with Gasteiger partial charge in [-0.05, 0) is 31.2 Å². The summed E-state index contributed by atoms with van der Waals surface area (Å²) in [5.41, 5.74) is 0.710. The van der Waals surface area contributed by atoms with E-state index in [-0.39, 0.29) is 11.8 Å². The number of carbonyl (C=O) groups is 1. The number of halogens is 1. The molecule has 1 atom stereocenters. The van der Waals surface area contributed by atoms with E-state index in [4.69, 9.17) is 4.74 Å². The minimum absolute atomic E-state index is 0.317. The van der Waals surface area contributed by atoms with Gasteiger partial charge in [0.05, 0.1) is 6.61 Å². The molecule has 0 saturated carbocycles. The molecule has 16 heavy (non-hydrogen) atoms. The summed E-state index contributed by atoms with van der Waals surface area (Å²) < 4.78 is 17.7. The maximum absolute atomic E-state index is 12.7. The quantitative estimate of drug-likeness (QED) is 0.779. The fourth-order valence-corrected chi connectivity index (χ4v) is 1.42. The largest absolute Gasteiger partial charge is 0.465 e. The lowest BCUT2D eigenvalue weighted by atomic mass is 10.1. The molecule has 0 saturated heterocycles. The van der Waals surface area contributed by atoms with Crippen LogP contribution < -0.4 is 5.32 Å². The molecule has 0 fully saturated rings. The van der Waals surface area contributed by atoms with Crippen LogP contribution in [0.2, 0.25) is 0 Å². The number of carbonyl (C=O) groups excluding carboxylic acids is 1. The van der Waals surface area contributed by atoms with Gasteiger partial charge in [0.25, 0.3) is 0 Å². The Bertz CT molecular complexity index is 337. The van der Waals surface area contributed by atoms with Crippen molar-refractivity contribution in [3.63, 3.8) is 0 Å². The van der Waals surface area contributed by atoms with Gasteiger partial charge in [-0.25, -0.2) is 9.18 Å². The predicted octanol–water partition coefficient (Wildman–Crippen LogP) is 2.04. The van der Waals surface area contributed by atoms with Crippen LogP contribution in [-0.4, -0.2) is 19.1 Å². The number of likely N-dealkylation sites (N-methyl/N-ethyl adjacent to an activating group) is 1. The number of ether oxygens (including phenoxy) is 1. The highest BCUT2D eigenvalue weighted by atomic mass is 19.1. The molecule has 3 nitrogen and oxygen atoms in total. The Morgan fingerprint density at radius 2 is 2.00 bits per heavy atom. The van der Waals surface area contributed by atoms with Crippen molar-refractivity contribution in [1.29, 1.82) is 0 Å². The highest BCUT2D eigenvalue weighted by molar-refractivity contribution is 5.77. The van der Waals surface area contributed by atoms with E-state index in [9.17, 15) is 9.18 Å². The molecule has 0 aliphatic carbocycles. The molecule has 0 radical (unpaired) electrons. The predicted molar refractivity (Wildman–Crippen MR) is 59.5 cm³/mol. The number of nitrogens with one attached hydrogen (secondary N) is 1. The Labute approximate surface area is 94.6 Å². The number of hydrogen-bond donors (Lipinski definition) is 1. The SMILES string of the molecule is CCNC(C(=O)OCC)c1ccc(F)cc1. The first kappa shape index (κ1) is 12.6. The third kappa shape index (κ3) is 3.31. The van der Waals surface area contributed by atoms with Gasteiger partial charge in [0.2, 0.25) is 0 Å². The average molecular weight is 225 g/mol. The monoisotopic (exact) mass is 225 g/mol. The summed E-state index contributed by atoms with van der Waals surface area (Å²) in [5.74, 6) is -0.654. The van der Waals surface area contributed by atoms with Crippen molar-refractivity contribution in [3.05, 3.63) is 35.6 Å². The highest BCUT2D eigenvalue weighted by Gasteiger charge is 2.20. The minimum atomic E-state index is -0.523. The molecule has 0 amide bonds.